The normalized spacial score (nSPS) is 15.3. The third-order valence-corrected chi connectivity index (χ3v) is 7.25. The molecule has 0 bridgehead atoms. The molecule has 1 aromatic heterocycles. The molecule has 7 rings (SSSR count). The molecule has 0 saturated heterocycles. The number of fused-ring (bicyclic) bond motifs is 3. The molecule has 2 aliphatic heterocycles. The zero-order chi connectivity index (χ0) is 25.6. The summed E-state index contributed by atoms with van der Waals surface area (Å²) < 4.78 is 8.68. The van der Waals surface area contributed by atoms with E-state index in [0.29, 0.717) is 0 Å². The van der Waals surface area contributed by atoms with Gasteiger partial charge in [0.1, 0.15) is 17.3 Å². The highest BCUT2D eigenvalue weighted by molar-refractivity contribution is 6.10. The monoisotopic (exact) mass is 499 g/mol. The molecule has 0 fully saturated rings. The fourth-order valence-electron chi connectivity index (χ4n) is 5.42. The lowest BCUT2D eigenvalue weighted by Gasteiger charge is -2.21. The molecule has 0 spiro atoms. The molecule has 4 aromatic carbocycles. The van der Waals surface area contributed by atoms with Crippen LogP contribution < -0.4 is 14.5 Å². The summed E-state index contributed by atoms with van der Waals surface area (Å²) in [7, 11) is 4.21. The number of ether oxygens (including phenoxy) is 1. The van der Waals surface area contributed by atoms with Crippen molar-refractivity contribution in [3.63, 3.8) is 0 Å². The molecule has 0 unspecified atom stereocenters. The number of rotatable bonds is 5. The first-order chi connectivity index (χ1) is 18.6. The number of benzene rings is 4. The van der Waals surface area contributed by atoms with Gasteiger partial charge in [-0.15, -0.1) is 0 Å². The Morgan fingerprint density at radius 3 is 1.82 bits per heavy atom. The van der Waals surface area contributed by atoms with E-state index in [4.69, 9.17) is 4.74 Å². The molecule has 0 aliphatic carbocycles. The number of hydrogen-bond donors (Lipinski definition) is 0. The number of hydrogen-bond acceptors (Lipinski definition) is 5. The van der Waals surface area contributed by atoms with Gasteiger partial charge in [0.25, 0.3) is 0 Å². The molecule has 0 radical (unpaired) electrons. The van der Waals surface area contributed by atoms with Crippen molar-refractivity contribution in [2.45, 2.75) is 0 Å². The molecule has 0 saturated carbocycles. The number of anilines is 2. The number of para-hydroxylation sites is 2. The lowest BCUT2D eigenvalue weighted by molar-refractivity contribution is 0.479. The topological polar surface area (TPSA) is 27.1 Å². The van der Waals surface area contributed by atoms with Gasteiger partial charge in [0.15, 0.2) is 0 Å². The largest absolute Gasteiger partial charge is 0.457 e. The van der Waals surface area contributed by atoms with Crippen LogP contribution in [0.3, 0.4) is 0 Å². The molecule has 38 heavy (non-hydrogen) atoms. The molecule has 0 amide bonds. The van der Waals surface area contributed by atoms with Gasteiger partial charge >= 0.3 is 0 Å². The second-order valence-corrected chi connectivity index (χ2v) is 9.93. The molecule has 0 N–H and O–H groups in total. The zero-order valence-electron chi connectivity index (χ0n) is 21.5. The molecular formula is C32H29N5O. The van der Waals surface area contributed by atoms with E-state index < -0.39 is 0 Å². The van der Waals surface area contributed by atoms with Crippen molar-refractivity contribution in [3.8, 4) is 11.5 Å². The first kappa shape index (κ1) is 22.4. The van der Waals surface area contributed by atoms with Crippen molar-refractivity contribution in [1.82, 2.24) is 14.4 Å². The van der Waals surface area contributed by atoms with Crippen molar-refractivity contribution in [3.05, 3.63) is 116 Å². The van der Waals surface area contributed by atoms with Crippen molar-refractivity contribution in [2.75, 3.05) is 37.2 Å². The van der Waals surface area contributed by atoms with Crippen molar-refractivity contribution < 1.29 is 4.74 Å². The lowest BCUT2D eigenvalue weighted by Crippen LogP contribution is -2.24. The SMILES string of the molecule is CN1C=CN(c2cccc(Oc3cccc(N4C=C(n5c6ccccc6c6ccccc65)N(C)C4)c3)c2)C1. The predicted octanol–water partition coefficient (Wildman–Crippen LogP) is 6.93. The van der Waals surface area contributed by atoms with E-state index in [1.54, 1.807) is 0 Å². The van der Waals surface area contributed by atoms with Gasteiger partial charge in [-0.05, 0) is 36.4 Å². The van der Waals surface area contributed by atoms with Crippen LogP contribution in [0.1, 0.15) is 0 Å². The Morgan fingerprint density at radius 2 is 1.21 bits per heavy atom. The maximum absolute atomic E-state index is 6.32. The van der Waals surface area contributed by atoms with Crippen LogP contribution >= 0.6 is 0 Å². The van der Waals surface area contributed by atoms with Crippen LogP contribution in [0, 0.1) is 0 Å². The molecule has 6 heteroatoms. The van der Waals surface area contributed by atoms with Crippen LogP contribution in [-0.2, 0) is 0 Å². The fourth-order valence-corrected chi connectivity index (χ4v) is 5.42. The van der Waals surface area contributed by atoms with Gasteiger partial charge in [0, 0.05) is 67.0 Å². The van der Waals surface area contributed by atoms with Crippen LogP contribution in [-0.4, -0.2) is 41.8 Å². The Labute approximate surface area is 222 Å². The van der Waals surface area contributed by atoms with Crippen LogP contribution in [0.25, 0.3) is 27.6 Å². The number of nitrogens with zero attached hydrogens (tertiary/aromatic N) is 5. The van der Waals surface area contributed by atoms with Gasteiger partial charge in [-0.2, -0.15) is 0 Å². The molecule has 0 atom stereocenters. The van der Waals surface area contributed by atoms with Gasteiger partial charge in [0.05, 0.1) is 24.4 Å². The highest BCUT2D eigenvalue weighted by Crippen LogP contribution is 2.36. The van der Waals surface area contributed by atoms with E-state index in [1.807, 2.05) is 18.2 Å². The Balaban J connectivity index is 1.19. The highest BCUT2D eigenvalue weighted by atomic mass is 16.5. The smallest absolute Gasteiger partial charge is 0.131 e. The summed E-state index contributed by atoms with van der Waals surface area (Å²) in [6.07, 6.45) is 6.39. The van der Waals surface area contributed by atoms with Crippen LogP contribution in [0.4, 0.5) is 11.4 Å². The first-order valence-corrected chi connectivity index (χ1v) is 12.9. The van der Waals surface area contributed by atoms with E-state index in [-0.39, 0.29) is 0 Å². The van der Waals surface area contributed by atoms with Gasteiger partial charge in [0.2, 0.25) is 0 Å². The van der Waals surface area contributed by atoms with Gasteiger partial charge in [-0.25, -0.2) is 0 Å². The second-order valence-electron chi connectivity index (χ2n) is 9.93. The Morgan fingerprint density at radius 1 is 0.605 bits per heavy atom. The molecule has 2 aliphatic rings. The first-order valence-electron chi connectivity index (χ1n) is 12.9. The molecular weight excluding hydrogens is 470 g/mol. The van der Waals surface area contributed by atoms with Crippen molar-refractivity contribution in [1.29, 1.82) is 0 Å². The Hall–Kier alpha value is -4.84. The van der Waals surface area contributed by atoms with Crippen molar-refractivity contribution >= 4 is 39.0 Å². The highest BCUT2D eigenvalue weighted by Gasteiger charge is 2.24. The minimum absolute atomic E-state index is 0.754. The Kier molecular flexibility index (Phi) is 5.25. The minimum atomic E-state index is 0.754. The average molecular weight is 500 g/mol. The summed E-state index contributed by atoms with van der Waals surface area (Å²) in [6.45, 7) is 1.59. The quantitative estimate of drug-likeness (QED) is 0.261. The molecule has 3 heterocycles. The Bertz CT molecular complexity index is 1660. The average Bonchev–Trinajstić information content (AvgIpc) is 3.64. The van der Waals surface area contributed by atoms with Crippen molar-refractivity contribution in [2.24, 2.45) is 0 Å². The standard InChI is InChI=1S/C32H29N5O/c1-33-17-18-35(22-33)24-9-7-11-26(19-24)38-27-12-8-10-25(20-27)36-21-32(34(2)23-36)37-30-15-5-3-13-28(30)29-14-4-6-16-31(29)37/h3-21H,22-23H2,1-2H3. The van der Waals surface area contributed by atoms with E-state index in [2.05, 4.69) is 136 Å². The maximum atomic E-state index is 6.32. The molecule has 5 aromatic rings. The number of aromatic nitrogens is 1. The second kappa shape index (κ2) is 8.92. The minimum Gasteiger partial charge on any atom is -0.457 e. The zero-order valence-corrected chi connectivity index (χ0v) is 21.5. The summed E-state index contributed by atoms with van der Waals surface area (Å²) in [5, 5.41) is 2.54. The summed E-state index contributed by atoms with van der Waals surface area (Å²) >= 11 is 0. The van der Waals surface area contributed by atoms with Gasteiger partial charge in [-0.1, -0.05) is 48.5 Å². The van der Waals surface area contributed by atoms with Crippen LogP contribution in [0.5, 0.6) is 11.5 Å². The summed E-state index contributed by atoms with van der Waals surface area (Å²) in [6, 6.07) is 33.8. The summed E-state index contributed by atoms with van der Waals surface area (Å²) in [4.78, 5) is 8.90. The van der Waals surface area contributed by atoms with E-state index in [1.165, 1.54) is 21.8 Å². The van der Waals surface area contributed by atoms with E-state index in [9.17, 15) is 0 Å². The predicted molar refractivity (Wildman–Crippen MR) is 156 cm³/mol. The van der Waals surface area contributed by atoms with Crippen LogP contribution in [0.2, 0.25) is 0 Å². The maximum Gasteiger partial charge on any atom is 0.131 e. The lowest BCUT2D eigenvalue weighted by atomic mass is 10.2. The van der Waals surface area contributed by atoms with Gasteiger partial charge in [-0.3, -0.25) is 4.57 Å². The molecule has 188 valence electrons. The fraction of sp³-hybridized carbons (Fsp3) is 0.125. The van der Waals surface area contributed by atoms with Crippen LogP contribution in [0.15, 0.2) is 116 Å². The summed E-state index contributed by atoms with van der Waals surface area (Å²) in [5.41, 5.74) is 4.62. The molecule has 6 nitrogen and oxygen atoms in total. The third-order valence-electron chi connectivity index (χ3n) is 7.25. The van der Waals surface area contributed by atoms with E-state index >= 15 is 0 Å². The summed E-state index contributed by atoms with van der Waals surface area (Å²) in [5.74, 6) is 2.78. The van der Waals surface area contributed by atoms with E-state index in [0.717, 1.165) is 42.0 Å². The third kappa shape index (κ3) is 3.82. The van der Waals surface area contributed by atoms with Gasteiger partial charge < -0.3 is 24.3 Å².